The van der Waals surface area contributed by atoms with Gasteiger partial charge in [0.15, 0.2) is 0 Å². The van der Waals surface area contributed by atoms with Crippen LogP contribution in [0.4, 0.5) is 0 Å². The summed E-state index contributed by atoms with van der Waals surface area (Å²) in [5, 5.41) is 7.78. The first-order valence-electron chi connectivity index (χ1n) is 5.57. The molecule has 1 aromatic carbocycles. The van der Waals surface area contributed by atoms with Crippen LogP contribution in [0.15, 0.2) is 38.4 Å². The summed E-state index contributed by atoms with van der Waals surface area (Å²) in [6.07, 6.45) is 0. The Morgan fingerprint density at radius 3 is 2.79 bits per heavy atom. The number of thioether (sulfide) groups is 1. The monoisotopic (exact) mass is 342 g/mol. The van der Waals surface area contributed by atoms with Gasteiger partial charge in [0.1, 0.15) is 0 Å². The zero-order chi connectivity index (χ0) is 13.7. The highest BCUT2D eigenvalue weighted by Crippen LogP contribution is 2.22. The molecule has 0 fully saturated rings. The molecule has 0 saturated carbocycles. The van der Waals surface area contributed by atoms with Crippen molar-refractivity contribution in [1.29, 1.82) is 0 Å². The summed E-state index contributed by atoms with van der Waals surface area (Å²) < 4.78 is 11.0. The number of aromatic nitrogens is 2. The molecule has 19 heavy (non-hydrogen) atoms. The van der Waals surface area contributed by atoms with Gasteiger partial charge in [-0.3, -0.25) is 0 Å². The number of rotatable bonds is 5. The van der Waals surface area contributed by atoms with Crippen LogP contribution in [0, 0.1) is 0 Å². The number of hydrogen-bond acceptors (Lipinski definition) is 6. The Bertz CT molecular complexity index is 556. The van der Waals surface area contributed by atoms with Crippen LogP contribution in [-0.2, 0) is 10.5 Å². The second-order valence-electron chi connectivity index (χ2n) is 3.51. The molecule has 0 spiro atoms. The normalized spacial score (nSPS) is 10.4. The number of ether oxygens (including phenoxy) is 1. The van der Waals surface area contributed by atoms with Crippen molar-refractivity contribution in [2.24, 2.45) is 0 Å². The van der Waals surface area contributed by atoms with E-state index in [0.29, 0.717) is 11.0 Å². The largest absolute Gasteiger partial charge is 0.459 e. The molecule has 5 nitrogen and oxygen atoms in total. The first kappa shape index (κ1) is 14.1. The van der Waals surface area contributed by atoms with Gasteiger partial charge in [-0.1, -0.05) is 44.9 Å². The fraction of sp³-hybridized carbons (Fsp3) is 0.250. The third kappa shape index (κ3) is 4.07. The van der Waals surface area contributed by atoms with Crippen molar-refractivity contribution in [2.75, 3.05) is 6.61 Å². The van der Waals surface area contributed by atoms with Crippen molar-refractivity contribution in [3.05, 3.63) is 40.2 Å². The molecule has 0 amide bonds. The Balaban J connectivity index is 1.93. The number of carbonyl (C=O) groups excluding carboxylic acids is 1. The smallest absolute Gasteiger partial charge is 0.396 e. The van der Waals surface area contributed by atoms with Gasteiger partial charge in [0.05, 0.1) is 6.61 Å². The molecular formula is C12H11BrN2O3S. The van der Waals surface area contributed by atoms with Gasteiger partial charge in [-0.25, -0.2) is 4.79 Å². The molecule has 0 saturated heterocycles. The van der Waals surface area contributed by atoms with Crippen LogP contribution in [0.25, 0.3) is 0 Å². The number of carbonyl (C=O) groups is 1. The van der Waals surface area contributed by atoms with Gasteiger partial charge in [0.2, 0.25) is 0 Å². The lowest BCUT2D eigenvalue weighted by Crippen LogP contribution is -2.04. The Morgan fingerprint density at radius 1 is 1.37 bits per heavy atom. The molecule has 0 aliphatic heterocycles. The Kier molecular flexibility index (Phi) is 4.98. The first-order valence-corrected chi connectivity index (χ1v) is 7.34. The van der Waals surface area contributed by atoms with Crippen LogP contribution < -0.4 is 0 Å². The maximum absolute atomic E-state index is 11.3. The van der Waals surface area contributed by atoms with Crippen molar-refractivity contribution in [3.8, 4) is 0 Å². The van der Waals surface area contributed by atoms with E-state index >= 15 is 0 Å². The van der Waals surface area contributed by atoms with Gasteiger partial charge in [0, 0.05) is 10.2 Å². The van der Waals surface area contributed by atoms with Gasteiger partial charge in [0.25, 0.3) is 5.22 Å². The fourth-order valence-corrected chi connectivity index (χ4v) is 2.25. The zero-order valence-corrected chi connectivity index (χ0v) is 12.5. The summed E-state index contributed by atoms with van der Waals surface area (Å²) in [6, 6.07) is 7.93. The molecule has 1 aromatic heterocycles. The van der Waals surface area contributed by atoms with Crippen LogP contribution in [-0.4, -0.2) is 22.8 Å². The minimum atomic E-state index is -0.592. The van der Waals surface area contributed by atoms with E-state index in [0.717, 1.165) is 10.0 Å². The van der Waals surface area contributed by atoms with Crippen molar-refractivity contribution in [3.63, 3.8) is 0 Å². The molecule has 2 aromatic rings. The van der Waals surface area contributed by atoms with Crippen molar-refractivity contribution < 1.29 is 13.9 Å². The average molecular weight is 343 g/mol. The second kappa shape index (κ2) is 6.72. The lowest BCUT2D eigenvalue weighted by Gasteiger charge is -1.98. The molecule has 2 rings (SSSR count). The molecule has 1 heterocycles. The highest BCUT2D eigenvalue weighted by Gasteiger charge is 2.15. The average Bonchev–Trinajstić information content (AvgIpc) is 2.87. The van der Waals surface area contributed by atoms with E-state index in [2.05, 4.69) is 26.1 Å². The molecule has 0 aliphatic carbocycles. The van der Waals surface area contributed by atoms with Crippen LogP contribution in [0.5, 0.6) is 0 Å². The van der Waals surface area contributed by atoms with E-state index in [9.17, 15) is 4.79 Å². The van der Waals surface area contributed by atoms with E-state index in [1.807, 2.05) is 24.3 Å². The summed E-state index contributed by atoms with van der Waals surface area (Å²) in [5.41, 5.74) is 1.13. The molecular weight excluding hydrogens is 332 g/mol. The predicted octanol–water partition coefficient (Wildman–Crippen LogP) is 3.30. The van der Waals surface area contributed by atoms with Gasteiger partial charge in [-0.15, -0.1) is 5.10 Å². The van der Waals surface area contributed by atoms with Crippen molar-refractivity contribution in [2.45, 2.75) is 17.9 Å². The summed E-state index contributed by atoms with van der Waals surface area (Å²) in [6.45, 7) is 2.00. The van der Waals surface area contributed by atoms with Gasteiger partial charge in [-0.05, 0) is 24.6 Å². The Hall–Kier alpha value is -1.34. The number of halogens is 1. The molecule has 0 bridgehead atoms. The quantitative estimate of drug-likeness (QED) is 0.613. The number of nitrogens with zero attached hydrogens (tertiary/aromatic N) is 2. The highest BCUT2D eigenvalue weighted by molar-refractivity contribution is 9.10. The molecule has 0 radical (unpaired) electrons. The second-order valence-corrected chi connectivity index (χ2v) is 5.35. The van der Waals surface area contributed by atoms with Crippen LogP contribution in [0.1, 0.15) is 23.2 Å². The minimum Gasteiger partial charge on any atom is -0.459 e. The molecule has 100 valence electrons. The number of esters is 1. The highest BCUT2D eigenvalue weighted by atomic mass is 79.9. The summed E-state index contributed by atoms with van der Waals surface area (Å²) in [7, 11) is 0. The zero-order valence-electron chi connectivity index (χ0n) is 10.1. The van der Waals surface area contributed by atoms with Crippen LogP contribution in [0.3, 0.4) is 0 Å². The molecule has 0 atom stereocenters. The van der Waals surface area contributed by atoms with Crippen LogP contribution >= 0.6 is 27.7 Å². The van der Waals surface area contributed by atoms with Crippen molar-refractivity contribution >= 4 is 33.7 Å². The lowest BCUT2D eigenvalue weighted by molar-refractivity contribution is 0.0475. The predicted molar refractivity (Wildman–Crippen MR) is 74.0 cm³/mol. The fourth-order valence-electron chi connectivity index (χ4n) is 1.27. The third-order valence-electron chi connectivity index (χ3n) is 2.13. The summed E-state index contributed by atoms with van der Waals surface area (Å²) in [5.74, 6) is -0.0109. The van der Waals surface area contributed by atoms with E-state index in [1.165, 1.54) is 11.8 Å². The maximum Gasteiger partial charge on any atom is 0.396 e. The summed E-state index contributed by atoms with van der Waals surface area (Å²) in [4.78, 5) is 11.3. The Labute approximate surface area is 122 Å². The van der Waals surface area contributed by atoms with Gasteiger partial charge < -0.3 is 9.15 Å². The topological polar surface area (TPSA) is 65.2 Å². The molecule has 0 unspecified atom stereocenters. The number of hydrogen-bond donors (Lipinski definition) is 0. The van der Waals surface area contributed by atoms with E-state index in [1.54, 1.807) is 6.92 Å². The molecule has 7 heteroatoms. The first-order chi connectivity index (χ1) is 9.19. The lowest BCUT2D eigenvalue weighted by atomic mass is 10.2. The maximum atomic E-state index is 11.3. The standard InChI is InChI=1S/C12H11BrN2O3S/c1-2-17-11(16)10-14-15-12(18-10)19-7-8-3-5-9(13)6-4-8/h3-6H,2,7H2,1H3. The van der Waals surface area contributed by atoms with Crippen LogP contribution in [0.2, 0.25) is 0 Å². The van der Waals surface area contributed by atoms with Gasteiger partial charge >= 0.3 is 11.9 Å². The van der Waals surface area contributed by atoms with E-state index in [-0.39, 0.29) is 12.5 Å². The Morgan fingerprint density at radius 2 is 2.11 bits per heavy atom. The molecule has 0 N–H and O–H groups in total. The van der Waals surface area contributed by atoms with Crippen molar-refractivity contribution in [1.82, 2.24) is 10.2 Å². The van der Waals surface area contributed by atoms with E-state index < -0.39 is 5.97 Å². The van der Waals surface area contributed by atoms with Gasteiger partial charge in [-0.2, -0.15) is 0 Å². The third-order valence-corrected chi connectivity index (χ3v) is 3.55. The number of benzene rings is 1. The summed E-state index contributed by atoms with van der Waals surface area (Å²) >= 11 is 4.75. The SMILES string of the molecule is CCOC(=O)c1nnc(SCc2ccc(Br)cc2)o1. The minimum absolute atomic E-state index is 0.111. The molecule has 0 aliphatic rings. The van der Waals surface area contributed by atoms with E-state index in [4.69, 9.17) is 9.15 Å².